The van der Waals surface area contributed by atoms with Crippen molar-refractivity contribution in [2.45, 2.75) is 6.42 Å². The van der Waals surface area contributed by atoms with E-state index in [1.54, 1.807) is 0 Å². The van der Waals surface area contributed by atoms with E-state index in [-0.39, 0.29) is 0 Å². The molecule has 0 aliphatic heterocycles. The van der Waals surface area contributed by atoms with Crippen molar-refractivity contribution in [1.82, 2.24) is 0 Å². The number of rotatable bonds is 3. The van der Waals surface area contributed by atoms with E-state index < -0.39 is 0 Å². The molecule has 0 bridgehead atoms. The summed E-state index contributed by atoms with van der Waals surface area (Å²) >= 11 is 5.64. The molecule has 0 unspecified atom stereocenters. The zero-order valence-corrected chi connectivity index (χ0v) is 9.56. The van der Waals surface area contributed by atoms with Gasteiger partial charge in [0.2, 0.25) is 0 Å². The second-order valence-corrected chi connectivity index (χ2v) is 3.73. The normalized spacial score (nSPS) is 11.4. The molecule has 0 aliphatic rings. The lowest BCUT2D eigenvalue weighted by Gasteiger charge is -2.04. The van der Waals surface area contributed by atoms with Crippen molar-refractivity contribution in [3.63, 3.8) is 0 Å². The first kappa shape index (κ1) is 10.9. The summed E-state index contributed by atoms with van der Waals surface area (Å²) in [4.78, 5) is 0. The molecule has 0 saturated heterocycles. The summed E-state index contributed by atoms with van der Waals surface area (Å²) in [6, 6.07) is 20.2. The third-order valence-electron chi connectivity index (χ3n) is 2.42. The standard InChI is InChI=1S/C14H12ClN/c15-16-14(13-9-5-2-6-10-13)11-12-7-3-1-4-8-12/h1-10H,11H2/b16-14+. The monoisotopic (exact) mass is 229 g/mol. The third kappa shape index (κ3) is 2.71. The highest BCUT2D eigenvalue weighted by Crippen LogP contribution is 2.09. The summed E-state index contributed by atoms with van der Waals surface area (Å²) < 4.78 is 3.84. The molecule has 80 valence electrons. The van der Waals surface area contributed by atoms with Crippen LogP contribution in [0, 0.1) is 0 Å². The van der Waals surface area contributed by atoms with Crippen molar-refractivity contribution >= 4 is 17.5 Å². The first-order valence-corrected chi connectivity index (χ1v) is 5.51. The largest absolute Gasteiger partial charge is 0.182 e. The van der Waals surface area contributed by atoms with E-state index >= 15 is 0 Å². The zero-order valence-electron chi connectivity index (χ0n) is 8.81. The Morgan fingerprint density at radius 1 is 0.875 bits per heavy atom. The molecule has 0 aromatic heterocycles. The van der Waals surface area contributed by atoms with Gasteiger partial charge in [0.1, 0.15) is 0 Å². The van der Waals surface area contributed by atoms with E-state index in [9.17, 15) is 0 Å². The van der Waals surface area contributed by atoms with Crippen molar-refractivity contribution in [3.8, 4) is 0 Å². The molecule has 0 radical (unpaired) electrons. The minimum absolute atomic E-state index is 0.758. The molecule has 1 nitrogen and oxygen atoms in total. The minimum Gasteiger partial charge on any atom is -0.182 e. The highest BCUT2D eigenvalue weighted by Gasteiger charge is 2.03. The van der Waals surface area contributed by atoms with Gasteiger partial charge in [-0.15, -0.1) is 0 Å². The first-order valence-electron chi connectivity index (χ1n) is 5.17. The first-order chi connectivity index (χ1) is 7.90. The van der Waals surface area contributed by atoms with Crippen LogP contribution in [0.4, 0.5) is 0 Å². The van der Waals surface area contributed by atoms with Crippen LogP contribution in [-0.4, -0.2) is 5.71 Å². The fraction of sp³-hybridized carbons (Fsp3) is 0.0714. The van der Waals surface area contributed by atoms with Crippen molar-refractivity contribution < 1.29 is 0 Å². The Bertz CT molecular complexity index is 463. The smallest absolute Gasteiger partial charge is 0.0666 e. The van der Waals surface area contributed by atoms with Crippen molar-refractivity contribution in [2.75, 3.05) is 0 Å². The fourth-order valence-corrected chi connectivity index (χ4v) is 1.76. The second kappa shape index (κ2) is 5.47. The maximum Gasteiger partial charge on any atom is 0.0666 e. The van der Waals surface area contributed by atoms with Gasteiger partial charge in [0.05, 0.1) is 5.71 Å². The Kier molecular flexibility index (Phi) is 3.73. The topological polar surface area (TPSA) is 12.4 Å². The van der Waals surface area contributed by atoms with Gasteiger partial charge in [-0.25, -0.2) is 0 Å². The summed E-state index contributed by atoms with van der Waals surface area (Å²) in [5, 5.41) is 0. The van der Waals surface area contributed by atoms with Gasteiger partial charge in [-0.1, -0.05) is 60.7 Å². The molecule has 0 N–H and O–H groups in total. The van der Waals surface area contributed by atoms with Crippen LogP contribution in [0.25, 0.3) is 0 Å². The molecule has 2 rings (SSSR count). The van der Waals surface area contributed by atoms with E-state index in [1.807, 2.05) is 48.5 Å². The summed E-state index contributed by atoms with van der Waals surface area (Å²) in [7, 11) is 0. The van der Waals surface area contributed by atoms with Gasteiger partial charge < -0.3 is 0 Å². The number of nitrogens with zero attached hydrogens (tertiary/aromatic N) is 1. The maximum absolute atomic E-state index is 5.64. The van der Waals surface area contributed by atoms with Crippen LogP contribution in [0.15, 0.2) is 65.2 Å². The minimum atomic E-state index is 0.758. The van der Waals surface area contributed by atoms with Crippen LogP contribution in [-0.2, 0) is 6.42 Å². The van der Waals surface area contributed by atoms with Crippen LogP contribution >= 0.6 is 11.8 Å². The predicted octanol–water partition coefficient (Wildman–Crippen LogP) is 3.87. The van der Waals surface area contributed by atoms with Crippen LogP contribution in [0.5, 0.6) is 0 Å². The Balaban J connectivity index is 2.20. The summed E-state index contributed by atoms with van der Waals surface area (Å²) in [6.07, 6.45) is 0.758. The van der Waals surface area contributed by atoms with Gasteiger partial charge in [0.15, 0.2) is 0 Å². The Labute approximate surface area is 101 Å². The van der Waals surface area contributed by atoms with E-state index in [4.69, 9.17) is 11.8 Å². The van der Waals surface area contributed by atoms with Gasteiger partial charge >= 0.3 is 0 Å². The number of benzene rings is 2. The van der Waals surface area contributed by atoms with Gasteiger partial charge in [-0.3, -0.25) is 0 Å². The molecule has 0 spiro atoms. The van der Waals surface area contributed by atoms with Crippen LogP contribution < -0.4 is 0 Å². The average Bonchev–Trinajstić information content (AvgIpc) is 2.38. The lowest BCUT2D eigenvalue weighted by Crippen LogP contribution is -2.03. The van der Waals surface area contributed by atoms with E-state index in [0.717, 1.165) is 17.7 Å². The number of hydrogen-bond donors (Lipinski definition) is 0. The molecule has 2 aromatic carbocycles. The average molecular weight is 230 g/mol. The lowest BCUT2D eigenvalue weighted by atomic mass is 10.0. The number of halogens is 1. The Morgan fingerprint density at radius 3 is 2.00 bits per heavy atom. The molecule has 16 heavy (non-hydrogen) atoms. The Morgan fingerprint density at radius 2 is 1.44 bits per heavy atom. The molecule has 0 aliphatic carbocycles. The molecule has 0 heterocycles. The van der Waals surface area contributed by atoms with E-state index in [2.05, 4.69) is 16.6 Å². The molecule has 0 amide bonds. The predicted molar refractivity (Wildman–Crippen MR) is 69.0 cm³/mol. The third-order valence-corrected chi connectivity index (χ3v) is 2.63. The molecule has 0 atom stereocenters. The van der Waals surface area contributed by atoms with Crippen molar-refractivity contribution in [3.05, 3.63) is 71.8 Å². The SMILES string of the molecule is Cl/N=C(\Cc1ccccc1)c1ccccc1. The van der Waals surface area contributed by atoms with Crippen molar-refractivity contribution in [1.29, 1.82) is 0 Å². The highest BCUT2D eigenvalue weighted by molar-refractivity contribution is 6.23. The van der Waals surface area contributed by atoms with Gasteiger partial charge in [0, 0.05) is 18.2 Å². The van der Waals surface area contributed by atoms with Crippen molar-refractivity contribution in [2.24, 2.45) is 4.51 Å². The summed E-state index contributed by atoms with van der Waals surface area (Å²) in [5.74, 6) is 0. The lowest BCUT2D eigenvalue weighted by molar-refractivity contribution is 1.32. The molecular weight excluding hydrogens is 218 g/mol. The molecule has 2 aromatic rings. The number of hydrogen-bond acceptors (Lipinski definition) is 1. The fourth-order valence-electron chi connectivity index (χ4n) is 1.60. The molecule has 0 saturated carbocycles. The van der Waals surface area contributed by atoms with E-state index in [0.29, 0.717) is 0 Å². The van der Waals surface area contributed by atoms with Gasteiger partial charge in [-0.05, 0) is 11.1 Å². The quantitative estimate of drug-likeness (QED) is 0.709. The summed E-state index contributed by atoms with van der Waals surface area (Å²) in [6.45, 7) is 0. The molecule has 0 fully saturated rings. The molecular formula is C14H12ClN. The molecule has 2 heteroatoms. The van der Waals surface area contributed by atoms with E-state index in [1.165, 1.54) is 5.56 Å². The highest BCUT2D eigenvalue weighted by atomic mass is 35.5. The Hall–Kier alpha value is -1.60. The zero-order chi connectivity index (χ0) is 11.2. The second-order valence-electron chi connectivity index (χ2n) is 3.56. The van der Waals surface area contributed by atoms with Crippen LogP contribution in [0.1, 0.15) is 11.1 Å². The maximum atomic E-state index is 5.64. The van der Waals surface area contributed by atoms with Crippen LogP contribution in [0.3, 0.4) is 0 Å². The van der Waals surface area contributed by atoms with Gasteiger partial charge in [-0.2, -0.15) is 4.51 Å². The van der Waals surface area contributed by atoms with Gasteiger partial charge in [0.25, 0.3) is 0 Å². The summed E-state index contributed by atoms with van der Waals surface area (Å²) in [5.41, 5.74) is 3.18. The van der Waals surface area contributed by atoms with Crippen LogP contribution in [0.2, 0.25) is 0 Å².